The van der Waals surface area contributed by atoms with Crippen molar-refractivity contribution in [3.63, 3.8) is 0 Å². The van der Waals surface area contributed by atoms with E-state index < -0.39 is 29.1 Å². The van der Waals surface area contributed by atoms with E-state index in [9.17, 15) is 22.4 Å². The number of hydrogen-bond acceptors (Lipinski definition) is 4. The highest BCUT2D eigenvalue weighted by Crippen LogP contribution is 2.38. The Kier molecular flexibility index (Phi) is 7.32. The van der Waals surface area contributed by atoms with Crippen molar-refractivity contribution in [3.8, 4) is 0 Å². The fourth-order valence-electron chi connectivity index (χ4n) is 4.35. The van der Waals surface area contributed by atoms with Gasteiger partial charge in [-0.1, -0.05) is 24.4 Å². The minimum Gasteiger partial charge on any atom is -0.335 e. The Morgan fingerprint density at radius 1 is 1.17 bits per heavy atom. The predicted octanol–water partition coefficient (Wildman–Crippen LogP) is 6.39. The van der Waals surface area contributed by atoms with Crippen LogP contribution in [0.4, 0.5) is 22.4 Å². The van der Waals surface area contributed by atoms with Crippen molar-refractivity contribution in [1.82, 2.24) is 20.6 Å². The SMILES string of the molecule is Cc1csc(C[C@@](NC(=O)NC2CCCC2)(c2cc(F)cc(C(F)(F)F)c2)c2ccc(Cl)cn2)n1. The van der Waals surface area contributed by atoms with Gasteiger partial charge >= 0.3 is 12.2 Å². The van der Waals surface area contributed by atoms with Crippen LogP contribution < -0.4 is 10.6 Å². The van der Waals surface area contributed by atoms with Crippen molar-refractivity contribution < 1.29 is 22.4 Å². The van der Waals surface area contributed by atoms with Crippen LogP contribution in [0.1, 0.15) is 53.2 Å². The zero-order valence-electron chi connectivity index (χ0n) is 18.8. The van der Waals surface area contributed by atoms with Crippen LogP contribution in [0, 0.1) is 12.7 Å². The first-order valence-corrected chi connectivity index (χ1v) is 12.3. The third-order valence-corrected chi connectivity index (χ3v) is 7.17. The van der Waals surface area contributed by atoms with E-state index in [1.807, 2.05) is 0 Å². The van der Waals surface area contributed by atoms with Crippen LogP contribution in [0.2, 0.25) is 5.02 Å². The van der Waals surface area contributed by atoms with E-state index >= 15 is 0 Å². The lowest BCUT2D eigenvalue weighted by Gasteiger charge is -2.35. The maximum absolute atomic E-state index is 14.6. The van der Waals surface area contributed by atoms with Crippen molar-refractivity contribution in [1.29, 1.82) is 0 Å². The number of rotatable bonds is 6. The fourth-order valence-corrected chi connectivity index (χ4v) is 5.31. The second kappa shape index (κ2) is 10.1. The fraction of sp³-hybridized carbons (Fsp3) is 0.375. The summed E-state index contributed by atoms with van der Waals surface area (Å²) in [5.41, 5.74) is -2.00. The van der Waals surface area contributed by atoms with Gasteiger partial charge in [-0.25, -0.2) is 14.2 Å². The number of thiazole rings is 1. The Labute approximate surface area is 208 Å². The normalized spacial score (nSPS) is 16.2. The smallest absolute Gasteiger partial charge is 0.335 e. The molecule has 1 saturated carbocycles. The maximum Gasteiger partial charge on any atom is 0.416 e. The molecule has 4 rings (SSSR count). The monoisotopic (exact) mass is 526 g/mol. The topological polar surface area (TPSA) is 66.9 Å². The number of amides is 2. The summed E-state index contributed by atoms with van der Waals surface area (Å²) in [6.07, 6.45) is 0.0726. The first-order chi connectivity index (χ1) is 16.5. The molecule has 1 aromatic carbocycles. The molecule has 1 aliphatic rings. The van der Waals surface area contributed by atoms with Gasteiger partial charge in [0.1, 0.15) is 11.4 Å². The summed E-state index contributed by atoms with van der Waals surface area (Å²) in [5.74, 6) is -1.08. The molecule has 11 heteroatoms. The van der Waals surface area contributed by atoms with Gasteiger partial charge < -0.3 is 10.6 Å². The van der Waals surface area contributed by atoms with Crippen molar-refractivity contribution in [3.05, 3.63) is 80.3 Å². The number of nitrogens with one attached hydrogen (secondary N) is 2. The summed E-state index contributed by atoms with van der Waals surface area (Å²) < 4.78 is 55.5. The van der Waals surface area contributed by atoms with Crippen molar-refractivity contribution in [2.45, 2.75) is 56.8 Å². The van der Waals surface area contributed by atoms with E-state index in [0.29, 0.717) is 21.8 Å². The Morgan fingerprint density at radius 3 is 2.49 bits per heavy atom. The van der Waals surface area contributed by atoms with Gasteiger partial charge in [0, 0.05) is 29.7 Å². The first-order valence-electron chi connectivity index (χ1n) is 11.1. The van der Waals surface area contributed by atoms with E-state index in [1.54, 1.807) is 12.3 Å². The highest BCUT2D eigenvalue weighted by molar-refractivity contribution is 7.09. The number of halogens is 5. The summed E-state index contributed by atoms with van der Waals surface area (Å²) in [5, 5.41) is 8.39. The van der Waals surface area contributed by atoms with Crippen molar-refractivity contribution in [2.75, 3.05) is 0 Å². The Balaban J connectivity index is 1.88. The van der Waals surface area contributed by atoms with Crippen LogP contribution in [0.25, 0.3) is 0 Å². The molecule has 2 amide bonds. The number of alkyl halides is 3. The molecule has 0 radical (unpaired) electrons. The molecule has 0 bridgehead atoms. The molecule has 2 heterocycles. The van der Waals surface area contributed by atoms with Crippen molar-refractivity contribution >= 4 is 29.0 Å². The van der Waals surface area contributed by atoms with E-state index in [0.717, 1.165) is 37.8 Å². The molecule has 2 aromatic heterocycles. The highest BCUT2D eigenvalue weighted by atomic mass is 35.5. The molecule has 0 aliphatic heterocycles. The number of hydrogen-bond donors (Lipinski definition) is 2. The summed E-state index contributed by atoms with van der Waals surface area (Å²) >= 11 is 7.31. The molecule has 186 valence electrons. The zero-order valence-corrected chi connectivity index (χ0v) is 20.3. The third kappa shape index (κ3) is 5.92. The summed E-state index contributed by atoms with van der Waals surface area (Å²) in [7, 11) is 0. The van der Waals surface area contributed by atoms with E-state index in [1.165, 1.54) is 29.7 Å². The van der Waals surface area contributed by atoms with Crippen LogP contribution in [-0.4, -0.2) is 22.0 Å². The van der Waals surface area contributed by atoms with Crippen LogP contribution in [0.15, 0.2) is 41.9 Å². The number of benzene rings is 1. The molecule has 5 nitrogen and oxygen atoms in total. The molecule has 0 unspecified atom stereocenters. The largest absolute Gasteiger partial charge is 0.416 e. The zero-order chi connectivity index (χ0) is 25.2. The Bertz CT molecular complexity index is 1190. The highest BCUT2D eigenvalue weighted by Gasteiger charge is 2.42. The predicted molar refractivity (Wildman–Crippen MR) is 126 cm³/mol. The lowest BCUT2D eigenvalue weighted by atomic mass is 9.82. The standard InChI is InChI=1S/C24H23ClF4N4OS/c1-14-13-35-21(31-14)11-23(20-7-6-17(25)12-30-20,33-22(34)32-19-4-2-3-5-19)15-8-16(24(27,28)29)10-18(26)9-15/h6-10,12-13,19H,2-5,11H2,1H3,(H2,32,33,34)/t23-/m1/s1. The van der Waals surface area contributed by atoms with Gasteiger partial charge in [0.15, 0.2) is 0 Å². The molecule has 2 N–H and O–H groups in total. The number of nitrogens with zero attached hydrogens (tertiary/aromatic N) is 2. The number of aromatic nitrogens is 2. The lowest BCUT2D eigenvalue weighted by Crippen LogP contribution is -2.54. The average molecular weight is 527 g/mol. The van der Waals surface area contributed by atoms with E-state index in [4.69, 9.17) is 11.6 Å². The third-order valence-electron chi connectivity index (χ3n) is 5.98. The van der Waals surface area contributed by atoms with Crippen LogP contribution in [0.5, 0.6) is 0 Å². The summed E-state index contributed by atoms with van der Waals surface area (Å²) in [6, 6.07) is 4.65. The van der Waals surface area contributed by atoms with Crippen LogP contribution in [-0.2, 0) is 18.1 Å². The van der Waals surface area contributed by atoms with Gasteiger partial charge in [-0.05, 0) is 55.7 Å². The van der Waals surface area contributed by atoms with Crippen molar-refractivity contribution in [2.24, 2.45) is 0 Å². The molecule has 3 aromatic rings. The number of pyridine rings is 1. The molecule has 35 heavy (non-hydrogen) atoms. The van der Waals surface area contributed by atoms with E-state index in [2.05, 4.69) is 20.6 Å². The number of aryl methyl sites for hydroxylation is 1. The second-order valence-corrected chi connectivity index (χ2v) is 10.0. The minimum atomic E-state index is -4.79. The second-order valence-electron chi connectivity index (χ2n) is 8.63. The number of urea groups is 1. The molecule has 0 saturated heterocycles. The molecule has 1 aliphatic carbocycles. The summed E-state index contributed by atoms with van der Waals surface area (Å²) in [6.45, 7) is 1.78. The molecule has 1 fully saturated rings. The van der Waals surface area contributed by atoms with Gasteiger partial charge in [-0.3, -0.25) is 4.98 Å². The Morgan fingerprint density at radius 2 is 1.89 bits per heavy atom. The van der Waals surface area contributed by atoms with Gasteiger partial charge in [0.05, 0.1) is 21.3 Å². The molecule has 0 spiro atoms. The number of carbonyl (C=O) groups excluding carboxylic acids is 1. The summed E-state index contributed by atoms with van der Waals surface area (Å²) in [4.78, 5) is 22.0. The van der Waals surface area contributed by atoms with Crippen LogP contribution >= 0.6 is 22.9 Å². The average Bonchev–Trinajstić information content (AvgIpc) is 3.44. The number of carbonyl (C=O) groups is 1. The van der Waals surface area contributed by atoms with E-state index in [-0.39, 0.29) is 23.7 Å². The first kappa shape index (κ1) is 25.4. The Hall–Kier alpha value is -2.72. The minimum absolute atomic E-state index is 0.0427. The molecular weight excluding hydrogens is 504 g/mol. The van der Waals surface area contributed by atoms with Gasteiger partial charge in [0.2, 0.25) is 0 Å². The van der Waals surface area contributed by atoms with Gasteiger partial charge in [-0.15, -0.1) is 11.3 Å². The van der Waals surface area contributed by atoms with Crippen LogP contribution in [0.3, 0.4) is 0 Å². The molecule has 1 atom stereocenters. The maximum atomic E-state index is 14.6. The lowest BCUT2D eigenvalue weighted by molar-refractivity contribution is -0.137. The molecular formula is C24H23ClF4N4OS. The quantitative estimate of drug-likeness (QED) is 0.366. The van der Waals surface area contributed by atoms with Gasteiger partial charge in [-0.2, -0.15) is 13.2 Å². The van der Waals surface area contributed by atoms with Gasteiger partial charge in [0.25, 0.3) is 0 Å².